The van der Waals surface area contributed by atoms with E-state index in [1.54, 1.807) is 37.5 Å². The molecule has 1 aromatic carbocycles. The number of aromatic nitrogens is 2. The van der Waals surface area contributed by atoms with Crippen LogP contribution in [0.15, 0.2) is 30.5 Å². The fraction of sp³-hybridized carbons (Fsp3) is 0.235. The molecular formula is C17H18N4O3. The lowest BCUT2D eigenvalue weighted by atomic mass is 10.2. The van der Waals surface area contributed by atoms with Gasteiger partial charge in [0, 0.05) is 31.4 Å². The average Bonchev–Trinajstić information content (AvgIpc) is 2.93. The minimum atomic E-state index is -0.296. The van der Waals surface area contributed by atoms with Gasteiger partial charge in [-0.1, -0.05) is 11.8 Å². The number of carbonyl (C=O) groups excluding carboxylic acids is 2. The first-order valence-corrected chi connectivity index (χ1v) is 7.22. The van der Waals surface area contributed by atoms with Crippen LogP contribution in [0, 0.1) is 11.8 Å². The highest BCUT2D eigenvalue weighted by molar-refractivity contribution is 5.96. The van der Waals surface area contributed by atoms with E-state index in [4.69, 9.17) is 4.74 Å². The summed E-state index contributed by atoms with van der Waals surface area (Å²) in [5.41, 5.74) is 1.86. The summed E-state index contributed by atoms with van der Waals surface area (Å²) in [5.74, 6) is 5.66. The second-order valence-electron chi connectivity index (χ2n) is 4.97. The van der Waals surface area contributed by atoms with E-state index in [0.29, 0.717) is 11.3 Å². The van der Waals surface area contributed by atoms with Crippen LogP contribution in [0.3, 0.4) is 0 Å². The van der Waals surface area contributed by atoms with Gasteiger partial charge in [0.1, 0.15) is 5.56 Å². The molecule has 1 heterocycles. The number of nitrogens with one attached hydrogen (secondary N) is 2. The Kier molecular flexibility index (Phi) is 5.58. The predicted molar refractivity (Wildman–Crippen MR) is 89.7 cm³/mol. The summed E-state index contributed by atoms with van der Waals surface area (Å²) >= 11 is 0. The fourth-order valence-electron chi connectivity index (χ4n) is 1.98. The number of benzene rings is 1. The summed E-state index contributed by atoms with van der Waals surface area (Å²) in [5, 5.41) is 9.40. The van der Waals surface area contributed by atoms with E-state index in [2.05, 4.69) is 27.6 Å². The molecule has 2 N–H and O–H groups in total. The van der Waals surface area contributed by atoms with Crippen molar-refractivity contribution in [3.63, 3.8) is 0 Å². The molecule has 0 spiro atoms. The maximum absolute atomic E-state index is 12.0. The molecule has 0 atom stereocenters. The normalized spacial score (nSPS) is 9.62. The fourth-order valence-corrected chi connectivity index (χ4v) is 1.98. The molecule has 0 saturated carbocycles. The molecule has 7 heteroatoms. The molecule has 0 aliphatic carbocycles. The Hall–Kier alpha value is -3.27. The van der Waals surface area contributed by atoms with Crippen molar-refractivity contribution in [1.29, 1.82) is 0 Å². The Morgan fingerprint density at radius 2 is 2.00 bits per heavy atom. The standard InChI is InChI=1S/C17H18N4O3/c1-12(22)19-14-8-6-13(7-9-14)5-4-10-18-16(23)15-11-21(2)20-17(15)24-3/h6-9,11H,10H2,1-3H3,(H,18,23)(H,19,22). The maximum atomic E-state index is 12.0. The molecule has 124 valence electrons. The molecule has 2 aromatic rings. The van der Waals surface area contributed by atoms with Gasteiger partial charge in [-0.3, -0.25) is 14.3 Å². The molecule has 0 bridgehead atoms. The van der Waals surface area contributed by atoms with E-state index in [1.807, 2.05) is 0 Å². The van der Waals surface area contributed by atoms with Crippen LogP contribution in [0.1, 0.15) is 22.8 Å². The van der Waals surface area contributed by atoms with Crippen molar-refractivity contribution in [1.82, 2.24) is 15.1 Å². The van der Waals surface area contributed by atoms with E-state index in [-0.39, 0.29) is 24.2 Å². The van der Waals surface area contributed by atoms with Crippen molar-refractivity contribution in [3.05, 3.63) is 41.6 Å². The summed E-state index contributed by atoms with van der Waals surface area (Å²) in [6.45, 7) is 1.65. The van der Waals surface area contributed by atoms with E-state index in [1.165, 1.54) is 18.7 Å². The van der Waals surface area contributed by atoms with Gasteiger partial charge in [0.15, 0.2) is 0 Å². The van der Waals surface area contributed by atoms with E-state index < -0.39 is 0 Å². The highest BCUT2D eigenvalue weighted by Crippen LogP contribution is 2.14. The molecule has 0 radical (unpaired) electrons. The van der Waals surface area contributed by atoms with E-state index in [9.17, 15) is 9.59 Å². The number of amides is 2. The maximum Gasteiger partial charge on any atom is 0.259 e. The largest absolute Gasteiger partial charge is 0.479 e. The van der Waals surface area contributed by atoms with Crippen LogP contribution >= 0.6 is 0 Å². The summed E-state index contributed by atoms with van der Waals surface area (Å²) in [7, 11) is 3.17. The highest BCUT2D eigenvalue weighted by atomic mass is 16.5. The van der Waals surface area contributed by atoms with Gasteiger partial charge in [0.05, 0.1) is 13.7 Å². The number of rotatable bonds is 4. The molecule has 0 aliphatic heterocycles. The first-order chi connectivity index (χ1) is 11.5. The van der Waals surface area contributed by atoms with Gasteiger partial charge in [-0.25, -0.2) is 0 Å². The van der Waals surface area contributed by atoms with Crippen LogP contribution in [0.25, 0.3) is 0 Å². The summed E-state index contributed by atoms with van der Waals surface area (Å²) in [4.78, 5) is 23.0. The zero-order chi connectivity index (χ0) is 17.5. The Morgan fingerprint density at radius 1 is 1.29 bits per heavy atom. The van der Waals surface area contributed by atoms with Crippen LogP contribution < -0.4 is 15.4 Å². The molecule has 2 rings (SSSR count). The number of aryl methyl sites for hydroxylation is 1. The van der Waals surface area contributed by atoms with Crippen molar-refractivity contribution < 1.29 is 14.3 Å². The van der Waals surface area contributed by atoms with Gasteiger partial charge in [-0.15, -0.1) is 5.10 Å². The molecule has 0 unspecified atom stereocenters. The zero-order valence-corrected chi connectivity index (χ0v) is 13.7. The second-order valence-corrected chi connectivity index (χ2v) is 4.97. The number of ether oxygens (including phenoxy) is 1. The highest BCUT2D eigenvalue weighted by Gasteiger charge is 2.15. The molecule has 7 nitrogen and oxygen atoms in total. The number of nitrogens with zero attached hydrogens (tertiary/aromatic N) is 2. The molecule has 0 fully saturated rings. The Balaban J connectivity index is 1.91. The molecule has 0 saturated heterocycles. The third-order valence-electron chi connectivity index (χ3n) is 3.01. The zero-order valence-electron chi connectivity index (χ0n) is 13.7. The second kappa shape index (κ2) is 7.83. The summed E-state index contributed by atoms with van der Waals surface area (Å²) in [6, 6.07) is 7.13. The molecule has 2 amide bonds. The first-order valence-electron chi connectivity index (χ1n) is 7.22. The average molecular weight is 326 g/mol. The number of hydrogen-bond donors (Lipinski definition) is 2. The molecule has 24 heavy (non-hydrogen) atoms. The lowest BCUT2D eigenvalue weighted by Gasteiger charge is -2.01. The van der Waals surface area contributed by atoms with Crippen molar-refractivity contribution in [2.75, 3.05) is 19.0 Å². The van der Waals surface area contributed by atoms with Crippen LogP contribution in [-0.2, 0) is 11.8 Å². The topological polar surface area (TPSA) is 85.2 Å². The number of methoxy groups -OCH3 is 1. The Morgan fingerprint density at radius 3 is 2.62 bits per heavy atom. The van der Waals surface area contributed by atoms with Crippen molar-refractivity contribution in [3.8, 4) is 17.7 Å². The number of hydrogen-bond acceptors (Lipinski definition) is 4. The lowest BCUT2D eigenvalue weighted by molar-refractivity contribution is -0.114. The minimum Gasteiger partial charge on any atom is -0.479 e. The van der Waals surface area contributed by atoms with Crippen LogP contribution in [-0.4, -0.2) is 35.2 Å². The van der Waals surface area contributed by atoms with Crippen LogP contribution in [0.5, 0.6) is 5.88 Å². The molecule has 1 aromatic heterocycles. The number of anilines is 1. The monoisotopic (exact) mass is 326 g/mol. The van der Waals surface area contributed by atoms with E-state index >= 15 is 0 Å². The summed E-state index contributed by atoms with van der Waals surface area (Å²) in [6.07, 6.45) is 1.59. The van der Waals surface area contributed by atoms with Crippen molar-refractivity contribution in [2.24, 2.45) is 7.05 Å². The Labute approximate surface area is 140 Å². The van der Waals surface area contributed by atoms with Crippen molar-refractivity contribution in [2.45, 2.75) is 6.92 Å². The minimum absolute atomic E-state index is 0.123. The molecule has 0 aliphatic rings. The quantitative estimate of drug-likeness (QED) is 0.826. The van der Waals surface area contributed by atoms with Gasteiger partial charge >= 0.3 is 0 Å². The van der Waals surface area contributed by atoms with Gasteiger partial charge in [0.25, 0.3) is 5.91 Å². The lowest BCUT2D eigenvalue weighted by Crippen LogP contribution is -2.23. The van der Waals surface area contributed by atoms with Gasteiger partial charge < -0.3 is 15.4 Å². The van der Waals surface area contributed by atoms with Crippen LogP contribution in [0.2, 0.25) is 0 Å². The SMILES string of the molecule is COc1nn(C)cc1C(=O)NCC#Cc1ccc(NC(C)=O)cc1. The third-order valence-corrected chi connectivity index (χ3v) is 3.01. The van der Waals surface area contributed by atoms with E-state index in [0.717, 1.165) is 5.56 Å². The van der Waals surface area contributed by atoms with Gasteiger partial charge in [-0.05, 0) is 24.3 Å². The summed E-state index contributed by atoms with van der Waals surface area (Å²) < 4.78 is 6.55. The Bertz CT molecular complexity index is 797. The number of carbonyl (C=O) groups is 2. The first kappa shape index (κ1) is 17.1. The molecular weight excluding hydrogens is 308 g/mol. The van der Waals surface area contributed by atoms with Gasteiger partial charge in [0.2, 0.25) is 11.8 Å². The third kappa shape index (κ3) is 4.61. The smallest absolute Gasteiger partial charge is 0.259 e. The van der Waals surface area contributed by atoms with Crippen LogP contribution in [0.4, 0.5) is 5.69 Å². The van der Waals surface area contributed by atoms with Gasteiger partial charge in [-0.2, -0.15) is 0 Å². The van der Waals surface area contributed by atoms with Crippen molar-refractivity contribution >= 4 is 17.5 Å². The predicted octanol–water partition coefficient (Wildman–Crippen LogP) is 1.17.